The highest BCUT2D eigenvalue weighted by Gasteiger charge is 2.33. The summed E-state index contributed by atoms with van der Waals surface area (Å²) < 4.78 is 1.86. The topological polar surface area (TPSA) is 71.8 Å². The molecule has 0 bridgehead atoms. The lowest BCUT2D eigenvalue weighted by Gasteiger charge is -2.38. The van der Waals surface area contributed by atoms with Gasteiger partial charge in [-0.2, -0.15) is 0 Å². The van der Waals surface area contributed by atoms with Gasteiger partial charge >= 0.3 is 0 Å². The SMILES string of the molecule is CC1(C)CCCCC1NC(=O)c1cn(C2CCNCC2)nn1.Cl. The molecule has 0 spiro atoms. The molecule has 3 rings (SSSR count). The summed E-state index contributed by atoms with van der Waals surface area (Å²) in [6.45, 7) is 6.48. The quantitative estimate of drug-likeness (QED) is 0.885. The fourth-order valence-electron chi connectivity index (χ4n) is 3.62. The van der Waals surface area contributed by atoms with Gasteiger partial charge in [-0.1, -0.05) is 31.9 Å². The van der Waals surface area contributed by atoms with E-state index in [0.29, 0.717) is 11.7 Å². The number of aromatic nitrogens is 3. The molecule has 130 valence electrons. The van der Waals surface area contributed by atoms with E-state index in [1.165, 1.54) is 19.3 Å². The van der Waals surface area contributed by atoms with Crippen molar-refractivity contribution < 1.29 is 4.79 Å². The normalized spacial score (nSPS) is 24.7. The third kappa shape index (κ3) is 4.23. The van der Waals surface area contributed by atoms with Crippen LogP contribution in [-0.4, -0.2) is 40.0 Å². The second-order valence-corrected chi connectivity index (χ2v) is 7.33. The molecule has 2 aliphatic rings. The van der Waals surface area contributed by atoms with Crippen LogP contribution in [0.1, 0.15) is 68.9 Å². The summed E-state index contributed by atoms with van der Waals surface area (Å²) in [6.07, 6.45) is 8.56. The minimum Gasteiger partial charge on any atom is -0.347 e. The molecule has 0 aromatic carbocycles. The van der Waals surface area contributed by atoms with Gasteiger partial charge in [-0.3, -0.25) is 4.79 Å². The van der Waals surface area contributed by atoms with Gasteiger partial charge in [0.05, 0.1) is 12.2 Å². The van der Waals surface area contributed by atoms with Gasteiger partial charge in [-0.25, -0.2) is 4.68 Å². The van der Waals surface area contributed by atoms with Gasteiger partial charge in [0.2, 0.25) is 0 Å². The zero-order chi connectivity index (χ0) is 15.6. The minimum absolute atomic E-state index is 0. The van der Waals surface area contributed by atoms with Crippen molar-refractivity contribution in [1.29, 1.82) is 0 Å². The van der Waals surface area contributed by atoms with Crippen molar-refractivity contribution in [1.82, 2.24) is 25.6 Å². The van der Waals surface area contributed by atoms with Crippen LogP contribution >= 0.6 is 12.4 Å². The summed E-state index contributed by atoms with van der Waals surface area (Å²) in [5.74, 6) is -0.0832. The van der Waals surface area contributed by atoms with Gasteiger partial charge in [0.25, 0.3) is 5.91 Å². The molecule has 6 nitrogen and oxygen atoms in total. The molecule has 23 heavy (non-hydrogen) atoms. The molecule has 1 saturated heterocycles. The highest BCUT2D eigenvalue weighted by molar-refractivity contribution is 5.92. The molecule has 0 radical (unpaired) electrons. The first-order valence-corrected chi connectivity index (χ1v) is 8.50. The van der Waals surface area contributed by atoms with Crippen LogP contribution in [0.4, 0.5) is 0 Å². The molecule has 1 atom stereocenters. The fraction of sp³-hybridized carbons (Fsp3) is 0.812. The summed E-state index contributed by atoms with van der Waals surface area (Å²) in [4.78, 5) is 12.5. The van der Waals surface area contributed by atoms with Gasteiger partial charge in [-0.15, -0.1) is 17.5 Å². The van der Waals surface area contributed by atoms with E-state index in [-0.39, 0.29) is 29.8 Å². The van der Waals surface area contributed by atoms with Crippen molar-refractivity contribution in [3.05, 3.63) is 11.9 Å². The number of hydrogen-bond donors (Lipinski definition) is 2. The summed E-state index contributed by atoms with van der Waals surface area (Å²) in [7, 11) is 0. The zero-order valence-electron chi connectivity index (χ0n) is 14.0. The molecular formula is C16H28ClN5O. The molecule has 1 unspecified atom stereocenters. The van der Waals surface area contributed by atoms with E-state index in [9.17, 15) is 4.79 Å². The molecule has 1 saturated carbocycles. The molecule has 2 N–H and O–H groups in total. The van der Waals surface area contributed by atoms with Crippen molar-refractivity contribution in [2.45, 2.75) is 64.5 Å². The standard InChI is InChI=1S/C16H27N5O.ClH/c1-16(2)8-4-3-5-14(16)18-15(22)13-11-21(20-19-13)12-6-9-17-10-7-12;/h11-12,14,17H,3-10H2,1-2H3,(H,18,22);1H. The molecule has 1 aliphatic heterocycles. The second kappa shape index (κ2) is 7.62. The predicted octanol–water partition coefficient (Wildman–Crippen LogP) is 2.32. The van der Waals surface area contributed by atoms with Gasteiger partial charge < -0.3 is 10.6 Å². The number of hydrogen-bond acceptors (Lipinski definition) is 4. The smallest absolute Gasteiger partial charge is 0.273 e. The van der Waals surface area contributed by atoms with Crippen LogP contribution in [-0.2, 0) is 0 Å². The Morgan fingerprint density at radius 3 is 2.74 bits per heavy atom. The lowest BCUT2D eigenvalue weighted by atomic mass is 9.73. The average molecular weight is 342 g/mol. The van der Waals surface area contributed by atoms with Crippen molar-refractivity contribution in [2.24, 2.45) is 5.41 Å². The maximum Gasteiger partial charge on any atom is 0.273 e. The van der Waals surface area contributed by atoms with Crippen LogP contribution in [0.5, 0.6) is 0 Å². The van der Waals surface area contributed by atoms with E-state index in [4.69, 9.17) is 0 Å². The maximum absolute atomic E-state index is 12.5. The zero-order valence-corrected chi connectivity index (χ0v) is 14.9. The largest absolute Gasteiger partial charge is 0.347 e. The number of nitrogens with one attached hydrogen (secondary N) is 2. The van der Waals surface area contributed by atoms with Crippen LogP contribution < -0.4 is 10.6 Å². The van der Waals surface area contributed by atoms with E-state index in [1.54, 1.807) is 6.20 Å². The van der Waals surface area contributed by atoms with Gasteiger partial charge in [-0.05, 0) is 44.2 Å². The Bertz CT molecular complexity index is 524. The van der Waals surface area contributed by atoms with Crippen molar-refractivity contribution in [3.63, 3.8) is 0 Å². The van der Waals surface area contributed by atoms with E-state index >= 15 is 0 Å². The van der Waals surface area contributed by atoms with E-state index in [1.807, 2.05) is 4.68 Å². The molecule has 1 aromatic heterocycles. The molecule has 1 amide bonds. The fourth-order valence-corrected chi connectivity index (χ4v) is 3.62. The van der Waals surface area contributed by atoms with E-state index in [2.05, 4.69) is 34.8 Å². The van der Waals surface area contributed by atoms with Crippen LogP contribution in [0.15, 0.2) is 6.20 Å². The van der Waals surface area contributed by atoms with Crippen LogP contribution in [0.2, 0.25) is 0 Å². The first-order chi connectivity index (χ1) is 10.6. The summed E-state index contributed by atoms with van der Waals surface area (Å²) in [5.41, 5.74) is 0.610. The Morgan fingerprint density at radius 2 is 2.04 bits per heavy atom. The van der Waals surface area contributed by atoms with Gasteiger partial charge in [0, 0.05) is 6.04 Å². The van der Waals surface area contributed by atoms with E-state index < -0.39 is 0 Å². The monoisotopic (exact) mass is 341 g/mol. The van der Waals surface area contributed by atoms with Crippen molar-refractivity contribution in [2.75, 3.05) is 13.1 Å². The van der Waals surface area contributed by atoms with Crippen molar-refractivity contribution in [3.8, 4) is 0 Å². The number of amides is 1. The Labute approximate surface area is 144 Å². The first kappa shape index (κ1) is 18.2. The average Bonchev–Trinajstić information content (AvgIpc) is 3.00. The second-order valence-electron chi connectivity index (χ2n) is 7.33. The predicted molar refractivity (Wildman–Crippen MR) is 91.9 cm³/mol. The first-order valence-electron chi connectivity index (χ1n) is 8.50. The number of carbonyl (C=O) groups excluding carboxylic acids is 1. The number of halogens is 1. The number of carbonyl (C=O) groups is 1. The van der Waals surface area contributed by atoms with Crippen LogP contribution in [0.3, 0.4) is 0 Å². The summed E-state index contributed by atoms with van der Waals surface area (Å²) in [6, 6.07) is 0.596. The highest BCUT2D eigenvalue weighted by atomic mass is 35.5. The third-order valence-electron chi connectivity index (χ3n) is 5.24. The summed E-state index contributed by atoms with van der Waals surface area (Å²) >= 11 is 0. The molecule has 2 heterocycles. The highest BCUT2D eigenvalue weighted by Crippen LogP contribution is 2.35. The molecule has 7 heteroatoms. The number of piperidine rings is 1. The lowest BCUT2D eigenvalue weighted by Crippen LogP contribution is -2.46. The molecule has 1 aromatic rings. The Kier molecular flexibility index (Phi) is 6.03. The summed E-state index contributed by atoms with van der Waals surface area (Å²) in [5, 5.41) is 14.8. The minimum atomic E-state index is -0.0832. The Balaban J connectivity index is 0.00000192. The Morgan fingerprint density at radius 1 is 1.30 bits per heavy atom. The van der Waals surface area contributed by atoms with Crippen LogP contribution in [0.25, 0.3) is 0 Å². The molecular weight excluding hydrogens is 314 g/mol. The number of nitrogens with zero attached hydrogens (tertiary/aromatic N) is 3. The van der Waals surface area contributed by atoms with Gasteiger partial charge in [0.15, 0.2) is 5.69 Å². The molecule has 2 fully saturated rings. The van der Waals surface area contributed by atoms with E-state index in [0.717, 1.165) is 32.4 Å². The Hall–Kier alpha value is -1.14. The number of rotatable bonds is 3. The van der Waals surface area contributed by atoms with Gasteiger partial charge in [0.1, 0.15) is 0 Å². The lowest BCUT2D eigenvalue weighted by molar-refractivity contribution is 0.0848. The van der Waals surface area contributed by atoms with Crippen LogP contribution in [0, 0.1) is 5.41 Å². The molecule has 1 aliphatic carbocycles. The maximum atomic E-state index is 12.5. The third-order valence-corrected chi connectivity index (χ3v) is 5.24. The van der Waals surface area contributed by atoms with Crippen molar-refractivity contribution >= 4 is 18.3 Å².